The molecule has 6 rings (SSSR count). The van der Waals surface area contributed by atoms with Gasteiger partial charge in [0.1, 0.15) is 10.0 Å². The summed E-state index contributed by atoms with van der Waals surface area (Å²) < 4.78 is 2.90. The summed E-state index contributed by atoms with van der Waals surface area (Å²) in [6.45, 7) is 0.382. The van der Waals surface area contributed by atoms with Crippen molar-refractivity contribution in [1.29, 1.82) is 0 Å². The van der Waals surface area contributed by atoms with E-state index in [1.807, 2.05) is 89.6 Å². The van der Waals surface area contributed by atoms with Crippen molar-refractivity contribution in [1.82, 2.24) is 19.1 Å². The number of aromatic nitrogens is 4. The van der Waals surface area contributed by atoms with E-state index in [1.165, 1.54) is 15.9 Å². The van der Waals surface area contributed by atoms with Crippen LogP contribution in [0.1, 0.15) is 11.4 Å². The summed E-state index contributed by atoms with van der Waals surface area (Å²) >= 11 is 3.04. The fourth-order valence-electron chi connectivity index (χ4n) is 4.17. The Hall–Kier alpha value is -4.14. The number of fused-ring (bicyclic) bond motifs is 1. The third-order valence-electron chi connectivity index (χ3n) is 5.92. The van der Waals surface area contributed by atoms with Gasteiger partial charge in [-0.25, -0.2) is 14.8 Å². The Bertz CT molecular complexity index is 1780. The van der Waals surface area contributed by atoms with Crippen molar-refractivity contribution in [2.45, 2.75) is 13.1 Å². The summed E-state index contributed by atoms with van der Waals surface area (Å²) in [6.07, 6.45) is 0. The van der Waals surface area contributed by atoms with E-state index >= 15 is 0 Å². The molecule has 0 aliphatic heterocycles. The summed E-state index contributed by atoms with van der Waals surface area (Å²) in [5.74, 6) is 0. The average Bonchev–Trinajstić information content (AvgIpc) is 3.60. The van der Waals surface area contributed by atoms with Gasteiger partial charge in [0, 0.05) is 21.9 Å². The molecular weight excluding hydrogens is 488 g/mol. The lowest BCUT2D eigenvalue weighted by Gasteiger charge is -2.12. The number of rotatable bonds is 6. The topological polar surface area (TPSA) is 69.8 Å². The van der Waals surface area contributed by atoms with Crippen molar-refractivity contribution in [2.24, 2.45) is 0 Å². The lowest BCUT2D eigenvalue weighted by molar-refractivity contribution is 0.625. The third-order valence-corrected chi connectivity index (χ3v) is 7.80. The van der Waals surface area contributed by atoms with Crippen LogP contribution in [0.25, 0.3) is 32.0 Å². The number of nitrogens with zero attached hydrogens (tertiary/aromatic N) is 4. The molecule has 0 fully saturated rings. The molecule has 0 spiro atoms. The largest absolute Gasteiger partial charge is 0.332 e. The minimum absolute atomic E-state index is 0.109. The summed E-state index contributed by atoms with van der Waals surface area (Å²) in [7, 11) is 0. The molecule has 0 radical (unpaired) electrons. The van der Waals surface area contributed by atoms with Crippen molar-refractivity contribution >= 4 is 33.6 Å². The van der Waals surface area contributed by atoms with E-state index in [4.69, 9.17) is 4.98 Å². The molecule has 0 saturated heterocycles. The Labute approximate surface area is 214 Å². The lowest BCUT2D eigenvalue weighted by atomic mass is 10.2. The van der Waals surface area contributed by atoms with Gasteiger partial charge >= 0.3 is 5.69 Å². The predicted octanol–water partition coefficient (Wildman–Crippen LogP) is 5.51. The highest BCUT2D eigenvalue weighted by Crippen LogP contribution is 2.25. The molecule has 0 amide bonds. The summed E-state index contributed by atoms with van der Waals surface area (Å²) in [4.78, 5) is 36.4. The number of hydrogen-bond acceptors (Lipinski definition) is 6. The van der Waals surface area contributed by atoms with E-state index in [0.717, 1.165) is 26.8 Å². The Morgan fingerprint density at radius 3 is 1.69 bits per heavy atom. The van der Waals surface area contributed by atoms with Crippen LogP contribution in [-0.4, -0.2) is 19.1 Å². The van der Waals surface area contributed by atoms with E-state index in [0.29, 0.717) is 16.6 Å². The number of para-hydroxylation sites is 1. The summed E-state index contributed by atoms with van der Waals surface area (Å²) in [5.41, 5.74) is 3.41. The zero-order valence-corrected chi connectivity index (χ0v) is 20.7. The van der Waals surface area contributed by atoms with Gasteiger partial charge in [-0.2, -0.15) is 0 Å². The van der Waals surface area contributed by atoms with Crippen LogP contribution in [0.3, 0.4) is 0 Å². The summed E-state index contributed by atoms with van der Waals surface area (Å²) in [6, 6.07) is 27.1. The predicted molar refractivity (Wildman–Crippen MR) is 146 cm³/mol. The standard InChI is InChI=1S/C28H20N4O2S2/c33-27-23-13-7-8-14-24(23)31(15-21-17-35-25(29-21)19-9-3-1-4-10-19)28(34)32(27)16-22-18-36-26(30-22)20-11-5-2-6-12-20/h1-14,17-18H,15-16H2. The van der Waals surface area contributed by atoms with Crippen LogP contribution in [0.5, 0.6) is 0 Å². The van der Waals surface area contributed by atoms with Crippen molar-refractivity contribution in [2.75, 3.05) is 0 Å². The fraction of sp³-hybridized carbons (Fsp3) is 0.0714. The fourth-order valence-corrected chi connectivity index (χ4v) is 5.81. The van der Waals surface area contributed by atoms with Crippen molar-refractivity contribution in [3.8, 4) is 21.1 Å². The molecule has 176 valence electrons. The average molecular weight is 509 g/mol. The van der Waals surface area contributed by atoms with Crippen LogP contribution in [-0.2, 0) is 13.1 Å². The van der Waals surface area contributed by atoms with E-state index in [1.54, 1.807) is 22.0 Å². The van der Waals surface area contributed by atoms with Crippen LogP contribution in [0.15, 0.2) is 105 Å². The zero-order valence-electron chi connectivity index (χ0n) is 19.1. The van der Waals surface area contributed by atoms with Gasteiger partial charge < -0.3 is 0 Å². The maximum Gasteiger partial charge on any atom is 0.332 e. The second kappa shape index (κ2) is 9.49. The molecular formula is C28H20N4O2S2. The first-order chi connectivity index (χ1) is 17.7. The Balaban J connectivity index is 1.40. The maximum atomic E-state index is 13.6. The van der Waals surface area contributed by atoms with Crippen LogP contribution >= 0.6 is 22.7 Å². The highest BCUT2D eigenvalue weighted by atomic mass is 32.1. The Morgan fingerprint density at radius 2 is 1.11 bits per heavy atom. The molecule has 0 N–H and O–H groups in total. The first kappa shape index (κ1) is 22.3. The quantitative estimate of drug-likeness (QED) is 0.298. The highest BCUT2D eigenvalue weighted by Gasteiger charge is 2.16. The maximum absolute atomic E-state index is 13.6. The van der Waals surface area contributed by atoms with Crippen LogP contribution in [0.4, 0.5) is 0 Å². The van der Waals surface area contributed by atoms with Gasteiger partial charge in [-0.1, -0.05) is 72.8 Å². The molecule has 0 aliphatic carbocycles. The van der Waals surface area contributed by atoms with Gasteiger partial charge in [-0.05, 0) is 12.1 Å². The first-order valence-electron chi connectivity index (χ1n) is 11.4. The molecule has 8 heteroatoms. The molecule has 0 bridgehead atoms. The van der Waals surface area contributed by atoms with Crippen LogP contribution in [0, 0.1) is 0 Å². The number of thiazole rings is 2. The van der Waals surface area contributed by atoms with Crippen molar-refractivity contribution in [3.63, 3.8) is 0 Å². The SMILES string of the molecule is O=c1c2ccccc2n(Cc2csc(-c3ccccc3)n2)c(=O)n1Cc1csc(-c2ccccc2)n1. The molecule has 0 aliphatic rings. The summed E-state index contributed by atoms with van der Waals surface area (Å²) in [5, 5.41) is 6.11. The van der Waals surface area contributed by atoms with Gasteiger partial charge in [0.2, 0.25) is 0 Å². The second-order valence-electron chi connectivity index (χ2n) is 8.30. The molecule has 6 aromatic rings. The van der Waals surface area contributed by atoms with Crippen LogP contribution in [0.2, 0.25) is 0 Å². The van der Waals surface area contributed by atoms with Crippen molar-refractivity contribution < 1.29 is 0 Å². The molecule has 0 unspecified atom stereocenters. The van der Waals surface area contributed by atoms with Gasteiger partial charge in [0.05, 0.1) is 35.4 Å². The smallest absolute Gasteiger partial charge is 0.287 e. The monoisotopic (exact) mass is 508 g/mol. The number of benzene rings is 3. The molecule has 0 atom stereocenters. The van der Waals surface area contributed by atoms with Gasteiger partial charge in [-0.3, -0.25) is 13.9 Å². The van der Waals surface area contributed by atoms with Gasteiger partial charge in [-0.15, -0.1) is 22.7 Å². The number of hydrogen-bond donors (Lipinski definition) is 0. The molecule has 3 heterocycles. The minimum Gasteiger partial charge on any atom is -0.287 e. The van der Waals surface area contributed by atoms with Crippen molar-refractivity contribution in [3.05, 3.63) is 128 Å². The molecule has 6 nitrogen and oxygen atoms in total. The minimum atomic E-state index is -0.373. The molecule has 3 aromatic heterocycles. The Kier molecular flexibility index (Phi) is 5.88. The molecule has 36 heavy (non-hydrogen) atoms. The van der Waals surface area contributed by atoms with E-state index in [2.05, 4.69) is 4.98 Å². The molecule has 0 saturated carbocycles. The van der Waals surface area contributed by atoms with E-state index < -0.39 is 0 Å². The highest BCUT2D eigenvalue weighted by molar-refractivity contribution is 7.13. The van der Waals surface area contributed by atoms with Crippen LogP contribution < -0.4 is 11.2 Å². The normalized spacial score (nSPS) is 11.2. The van der Waals surface area contributed by atoms with E-state index in [9.17, 15) is 9.59 Å². The Morgan fingerprint density at radius 1 is 0.611 bits per heavy atom. The van der Waals surface area contributed by atoms with E-state index in [-0.39, 0.29) is 24.3 Å². The lowest BCUT2D eigenvalue weighted by Crippen LogP contribution is -2.40. The first-order valence-corrected chi connectivity index (χ1v) is 13.2. The van der Waals surface area contributed by atoms with Gasteiger partial charge in [0.25, 0.3) is 5.56 Å². The second-order valence-corrected chi connectivity index (χ2v) is 10.0. The molecule has 3 aromatic carbocycles. The zero-order chi connectivity index (χ0) is 24.5. The van der Waals surface area contributed by atoms with Gasteiger partial charge in [0.15, 0.2) is 0 Å². The third kappa shape index (κ3) is 4.21.